The number of hydrogen-bond acceptors (Lipinski definition) is 3. The Balaban J connectivity index is 2.28. The molecule has 1 unspecified atom stereocenters. The molecule has 0 aromatic heterocycles. The highest BCUT2D eigenvalue weighted by molar-refractivity contribution is 5.39. The van der Waals surface area contributed by atoms with Crippen molar-refractivity contribution < 1.29 is 9.84 Å². The molecule has 1 N–H and O–H groups in total. The predicted molar refractivity (Wildman–Crippen MR) is 63.8 cm³/mol. The summed E-state index contributed by atoms with van der Waals surface area (Å²) < 4.78 is 5.58. The number of aliphatic hydroxyl groups excluding tert-OH is 1. The summed E-state index contributed by atoms with van der Waals surface area (Å²) in [5.74, 6) is 1.01. The molecule has 0 amide bonds. The molecule has 1 heterocycles. The smallest absolute Gasteiger partial charge is 0.122 e. The quantitative estimate of drug-likeness (QED) is 0.841. The number of fused-ring (bicyclic) bond motifs is 1. The molecule has 88 valence electrons. The summed E-state index contributed by atoms with van der Waals surface area (Å²) in [6.45, 7) is 0.968. The van der Waals surface area contributed by atoms with Crippen molar-refractivity contribution in [2.75, 3.05) is 27.3 Å². The average Bonchev–Trinajstić information content (AvgIpc) is 2.29. The van der Waals surface area contributed by atoms with Crippen LogP contribution in [-0.4, -0.2) is 37.3 Å². The van der Waals surface area contributed by atoms with E-state index in [0.717, 1.165) is 30.8 Å². The largest absolute Gasteiger partial charge is 0.493 e. The summed E-state index contributed by atoms with van der Waals surface area (Å²) in [6.07, 6.45) is 2.16. The van der Waals surface area contributed by atoms with E-state index in [1.54, 1.807) is 0 Å². The Morgan fingerprint density at radius 2 is 2.25 bits per heavy atom. The molecule has 2 rings (SSSR count). The van der Waals surface area contributed by atoms with Crippen LogP contribution in [0.3, 0.4) is 0 Å². The maximum atomic E-state index is 9.38. The maximum Gasteiger partial charge on any atom is 0.122 e. The number of hydrogen-bond donors (Lipinski definition) is 1. The number of aliphatic hydroxyl groups is 1. The van der Waals surface area contributed by atoms with Crippen LogP contribution in [-0.2, 0) is 6.42 Å². The minimum absolute atomic E-state index is 0.0761. The Morgan fingerprint density at radius 1 is 1.44 bits per heavy atom. The van der Waals surface area contributed by atoms with Crippen LogP contribution in [0.1, 0.15) is 23.6 Å². The highest BCUT2D eigenvalue weighted by Crippen LogP contribution is 2.28. The third-order valence-corrected chi connectivity index (χ3v) is 3.11. The second-order valence-corrected chi connectivity index (χ2v) is 4.48. The average molecular weight is 221 g/mol. The van der Waals surface area contributed by atoms with E-state index < -0.39 is 0 Å². The monoisotopic (exact) mass is 221 g/mol. The first-order chi connectivity index (χ1) is 7.72. The van der Waals surface area contributed by atoms with Crippen LogP contribution >= 0.6 is 0 Å². The van der Waals surface area contributed by atoms with E-state index in [1.165, 1.54) is 5.56 Å². The van der Waals surface area contributed by atoms with Gasteiger partial charge in [-0.25, -0.2) is 0 Å². The molecule has 0 radical (unpaired) electrons. The molecule has 16 heavy (non-hydrogen) atoms. The van der Waals surface area contributed by atoms with Gasteiger partial charge in [-0.2, -0.15) is 0 Å². The zero-order valence-electron chi connectivity index (χ0n) is 9.94. The maximum absolute atomic E-state index is 9.38. The molecule has 3 nitrogen and oxygen atoms in total. The summed E-state index contributed by atoms with van der Waals surface area (Å²) in [6, 6.07) is 6.31. The molecule has 0 saturated carbocycles. The summed E-state index contributed by atoms with van der Waals surface area (Å²) in [5, 5.41) is 9.38. The Labute approximate surface area is 96.6 Å². The Kier molecular flexibility index (Phi) is 3.46. The molecule has 0 aliphatic carbocycles. The van der Waals surface area contributed by atoms with E-state index in [-0.39, 0.29) is 12.6 Å². The molecule has 1 aliphatic heterocycles. The molecule has 3 heteroatoms. The molecule has 0 bridgehead atoms. The molecular formula is C13H19NO2. The van der Waals surface area contributed by atoms with Gasteiger partial charge in [0.25, 0.3) is 0 Å². The highest BCUT2D eigenvalue weighted by Gasteiger charge is 2.16. The summed E-state index contributed by atoms with van der Waals surface area (Å²) in [7, 11) is 3.97. The van der Waals surface area contributed by atoms with Gasteiger partial charge in [0.15, 0.2) is 0 Å². The number of aryl methyl sites for hydroxylation is 1. The molecule has 0 spiro atoms. The first-order valence-corrected chi connectivity index (χ1v) is 5.75. The zero-order chi connectivity index (χ0) is 11.5. The lowest BCUT2D eigenvalue weighted by Crippen LogP contribution is -2.23. The molecule has 0 saturated heterocycles. The Morgan fingerprint density at radius 3 is 2.94 bits per heavy atom. The summed E-state index contributed by atoms with van der Waals surface area (Å²) in [4.78, 5) is 2.03. The number of benzene rings is 1. The number of rotatable bonds is 3. The SMILES string of the molecule is CN(C)C(CO)c1ccc2c(c1)CCCO2. The lowest BCUT2D eigenvalue weighted by molar-refractivity contribution is 0.170. The van der Waals surface area contributed by atoms with Crippen molar-refractivity contribution in [3.8, 4) is 5.75 Å². The second kappa shape index (κ2) is 4.85. The molecule has 0 fully saturated rings. The van der Waals surface area contributed by atoms with Crippen molar-refractivity contribution in [3.05, 3.63) is 29.3 Å². The van der Waals surface area contributed by atoms with Crippen molar-refractivity contribution in [2.45, 2.75) is 18.9 Å². The van der Waals surface area contributed by atoms with E-state index in [9.17, 15) is 5.11 Å². The Hall–Kier alpha value is -1.06. The first kappa shape index (κ1) is 11.4. The van der Waals surface area contributed by atoms with Crippen LogP contribution in [0.25, 0.3) is 0 Å². The Bertz CT molecular complexity index is 363. The second-order valence-electron chi connectivity index (χ2n) is 4.48. The fourth-order valence-corrected chi connectivity index (χ4v) is 2.15. The summed E-state index contributed by atoms with van der Waals surface area (Å²) >= 11 is 0. The van der Waals surface area contributed by atoms with Crippen molar-refractivity contribution in [1.29, 1.82) is 0 Å². The zero-order valence-corrected chi connectivity index (χ0v) is 9.94. The van der Waals surface area contributed by atoms with Gasteiger partial charge in [0, 0.05) is 0 Å². The van der Waals surface area contributed by atoms with Crippen molar-refractivity contribution in [1.82, 2.24) is 4.90 Å². The topological polar surface area (TPSA) is 32.7 Å². The predicted octanol–water partition coefficient (Wildman–Crippen LogP) is 1.61. The minimum Gasteiger partial charge on any atom is -0.493 e. The number of nitrogens with zero attached hydrogens (tertiary/aromatic N) is 1. The van der Waals surface area contributed by atoms with Crippen molar-refractivity contribution in [2.24, 2.45) is 0 Å². The van der Waals surface area contributed by atoms with Crippen LogP contribution in [0.2, 0.25) is 0 Å². The van der Waals surface area contributed by atoms with Crippen LogP contribution < -0.4 is 4.74 Å². The fourth-order valence-electron chi connectivity index (χ4n) is 2.15. The minimum atomic E-state index is 0.0761. The van der Waals surface area contributed by atoms with E-state index in [4.69, 9.17) is 4.74 Å². The van der Waals surface area contributed by atoms with Crippen molar-refractivity contribution in [3.63, 3.8) is 0 Å². The molecule has 1 aliphatic rings. The van der Waals surface area contributed by atoms with Crippen molar-refractivity contribution >= 4 is 0 Å². The van der Waals surface area contributed by atoms with E-state index >= 15 is 0 Å². The van der Waals surface area contributed by atoms with Gasteiger partial charge in [0.1, 0.15) is 5.75 Å². The van der Waals surface area contributed by atoms with Crippen LogP contribution in [0.4, 0.5) is 0 Å². The lowest BCUT2D eigenvalue weighted by atomic mass is 9.99. The highest BCUT2D eigenvalue weighted by atomic mass is 16.5. The normalized spacial score (nSPS) is 16.8. The molecule has 1 aromatic rings. The third kappa shape index (κ3) is 2.20. The fraction of sp³-hybridized carbons (Fsp3) is 0.538. The van der Waals surface area contributed by atoms with Gasteiger partial charge in [-0.15, -0.1) is 0 Å². The van der Waals surface area contributed by atoms with E-state index in [1.807, 2.05) is 31.1 Å². The first-order valence-electron chi connectivity index (χ1n) is 5.75. The van der Waals surface area contributed by atoms with E-state index in [0.29, 0.717) is 0 Å². The van der Waals surface area contributed by atoms with Crippen LogP contribution in [0.15, 0.2) is 18.2 Å². The molecule has 1 atom stereocenters. The van der Waals surface area contributed by atoms with Gasteiger partial charge < -0.3 is 14.7 Å². The van der Waals surface area contributed by atoms with Gasteiger partial charge in [-0.1, -0.05) is 12.1 Å². The van der Waals surface area contributed by atoms with Gasteiger partial charge in [-0.05, 0) is 44.1 Å². The lowest BCUT2D eigenvalue weighted by Gasteiger charge is -2.25. The van der Waals surface area contributed by atoms with Gasteiger partial charge in [0.2, 0.25) is 0 Å². The van der Waals surface area contributed by atoms with E-state index in [2.05, 4.69) is 6.07 Å². The van der Waals surface area contributed by atoms with Crippen LogP contribution in [0, 0.1) is 0 Å². The van der Waals surface area contributed by atoms with Gasteiger partial charge >= 0.3 is 0 Å². The van der Waals surface area contributed by atoms with Gasteiger partial charge in [0.05, 0.1) is 19.3 Å². The molecule has 1 aromatic carbocycles. The summed E-state index contributed by atoms with van der Waals surface area (Å²) in [5.41, 5.74) is 2.43. The number of ether oxygens (including phenoxy) is 1. The van der Waals surface area contributed by atoms with Gasteiger partial charge in [-0.3, -0.25) is 0 Å². The van der Waals surface area contributed by atoms with Crippen LogP contribution in [0.5, 0.6) is 5.75 Å². The molecular weight excluding hydrogens is 202 g/mol. The standard InChI is InChI=1S/C13H19NO2/c1-14(2)12(9-15)10-5-6-13-11(8-10)4-3-7-16-13/h5-6,8,12,15H,3-4,7,9H2,1-2H3. The number of likely N-dealkylation sites (N-methyl/N-ethyl adjacent to an activating group) is 1. The third-order valence-electron chi connectivity index (χ3n) is 3.11.